The van der Waals surface area contributed by atoms with E-state index in [2.05, 4.69) is 19.9 Å². The lowest BCUT2D eigenvalue weighted by molar-refractivity contribution is 0.415. The quantitative estimate of drug-likeness (QED) is 0.296. The molecule has 0 atom stereocenters. The van der Waals surface area contributed by atoms with Crippen LogP contribution in [0.15, 0.2) is 89.5 Å². The van der Waals surface area contributed by atoms with E-state index in [1.807, 2.05) is 84.9 Å². The molecule has 1 aromatic heterocycles. The molecule has 0 aliphatic carbocycles. The summed E-state index contributed by atoms with van der Waals surface area (Å²) in [4.78, 5) is 0. The van der Waals surface area contributed by atoms with Crippen molar-refractivity contribution in [2.45, 2.75) is 19.3 Å². The number of para-hydroxylation sites is 1. The van der Waals surface area contributed by atoms with Crippen LogP contribution in [-0.2, 0) is 5.41 Å². The third-order valence-corrected chi connectivity index (χ3v) is 5.40. The van der Waals surface area contributed by atoms with E-state index >= 15 is 0 Å². The smallest absolute Gasteiger partial charge is 0.133 e. The summed E-state index contributed by atoms with van der Waals surface area (Å²) in [5, 5.41) is 10.6. The second kappa shape index (κ2) is 10.5. The Morgan fingerprint density at radius 1 is 1.00 bits per heavy atom. The highest BCUT2D eigenvalue weighted by atomic mass is 16.5. The average Bonchev–Trinajstić information content (AvgIpc) is 3.32. The molecule has 4 heteroatoms. The van der Waals surface area contributed by atoms with E-state index in [0.29, 0.717) is 12.1 Å². The summed E-state index contributed by atoms with van der Waals surface area (Å²) in [6, 6.07) is 27.8. The molecule has 4 nitrogen and oxygen atoms in total. The number of nitriles is 1. The minimum absolute atomic E-state index is 0.0645. The van der Waals surface area contributed by atoms with E-state index in [1.165, 1.54) is 5.56 Å². The van der Waals surface area contributed by atoms with Gasteiger partial charge in [-0.25, -0.2) is 0 Å². The Morgan fingerprint density at radius 3 is 2.28 bits per heavy atom. The molecule has 0 saturated carbocycles. The first-order valence-corrected chi connectivity index (χ1v) is 10.5. The number of methoxy groups -OCH3 is 1. The first-order chi connectivity index (χ1) is 15.5. The van der Waals surface area contributed by atoms with Crippen molar-refractivity contribution in [2.75, 3.05) is 13.7 Å². The molecule has 4 aromatic rings. The molecule has 0 aliphatic rings. The van der Waals surface area contributed by atoms with Crippen LogP contribution in [0.3, 0.4) is 0 Å². The summed E-state index contributed by atoms with van der Waals surface area (Å²) in [6.07, 6.45) is 3.58. The zero-order chi connectivity index (χ0) is 23.0. The van der Waals surface area contributed by atoms with Gasteiger partial charge in [0.1, 0.15) is 11.3 Å². The van der Waals surface area contributed by atoms with Gasteiger partial charge in [-0.2, -0.15) is 5.26 Å². The molecule has 0 fully saturated rings. The lowest BCUT2D eigenvalue weighted by atomic mass is 9.84. The summed E-state index contributed by atoms with van der Waals surface area (Å²) in [6.45, 7) is 4.81. The maximum absolute atomic E-state index is 9.45. The molecular formula is C28H28N2O2. The molecule has 2 N–H and O–H groups in total. The summed E-state index contributed by atoms with van der Waals surface area (Å²) < 4.78 is 10.3. The molecule has 0 radical (unpaired) electrons. The second-order valence-electron chi connectivity index (χ2n) is 8.07. The number of rotatable bonds is 5. The fraction of sp³-hybridized carbons (Fsp3) is 0.179. The number of ether oxygens (including phenoxy) is 1. The van der Waals surface area contributed by atoms with Crippen LogP contribution >= 0.6 is 0 Å². The first-order valence-electron chi connectivity index (χ1n) is 10.5. The van der Waals surface area contributed by atoms with E-state index in [4.69, 9.17) is 14.9 Å². The highest BCUT2D eigenvalue weighted by Crippen LogP contribution is 2.25. The number of hydrogen-bond acceptors (Lipinski definition) is 4. The standard InChI is InChI=1S/C20H22N2O.C8H6O/c1-20(2,14-22)18-8-6-16(7-9-18)17(13-21)12-15-4-10-19(23-3)11-5-15;1-2-4-8-7(3-1)5-6-9-8/h4-12H,14,22H2,1-3H3;1-6H/b17-12+;. The SMILES string of the molecule is COc1ccc(/C=C(\C#N)c2ccc(C(C)(C)CN)cc2)cc1.c1ccc2occc2c1. The number of nitrogens with two attached hydrogens (primary N) is 1. The number of fused-ring (bicyclic) bond motifs is 1. The molecule has 162 valence electrons. The van der Waals surface area contributed by atoms with Gasteiger partial charge in [0.2, 0.25) is 0 Å². The first kappa shape index (κ1) is 22.9. The number of allylic oxidation sites excluding steroid dienone is 1. The van der Waals surface area contributed by atoms with Crippen LogP contribution in [0.1, 0.15) is 30.5 Å². The molecule has 32 heavy (non-hydrogen) atoms. The van der Waals surface area contributed by atoms with Crippen LogP contribution in [0, 0.1) is 11.3 Å². The van der Waals surface area contributed by atoms with Gasteiger partial charge in [0, 0.05) is 17.3 Å². The van der Waals surface area contributed by atoms with Crippen LogP contribution in [0.5, 0.6) is 5.75 Å². The van der Waals surface area contributed by atoms with Crippen molar-refractivity contribution in [3.05, 3.63) is 102 Å². The Morgan fingerprint density at radius 2 is 1.69 bits per heavy atom. The minimum atomic E-state index is -0.0645. The van der Waals surface area contributed by atoms with Crippen molar-refractivity contribution < 1.29 is 9.15 Å². The second-order valence-corrected chi connectivity index (χ2v) is 8.07. The van der Waals surface area contributed by atoms with Crippen LogP contribution in [-0.4, -0.2) is 13.7 Å². The van der Waals surface area contributed by atoms with Crippen molar-refractivity contribution in [1.29, 1.82) is 5.26 Å². The summed E-state index contributed by atoms with van der Waals surface area (Å²) in [7, 11) is 1.63. The van der Waals surface area contributed by atoms with Crippen molar-refractivity contribution in [1.82, 2.24) is 0 Å². The summed E-state index contributed by atoms with van der Waals surface area (Å²) in [5.74, 6) is 0.800. The number of benzene rings is 3. The number of hydrogen-bond donors (Lipinski definition) is 1. The predicted octanol–water partition coefficient (Wildman–Crippen LogP) is 6.43. The minimum Gasteiger partial charge on any atom is -0.497 e. The topological polar surface area (TPSA) is 72.2 Å². The predicted molar refractivity (Wildman–Crippen MR) is 131 cm³/mol. The molecule has 1 heterocycles. The molecule has 0 aliphatic heterocycles. The monoisotopic (exact) mass is 424 g/mol. The van der Waals surface area contributed by atoms with Gasteiger partial charge in [0.05, 0.1) is 25.0 Å². The average molecular weight is 425 g/mol. The van der Waals surface area contributed by atoms with Gasteiger partial charge in [0.25, 0.3) is 0 Å². The third-order valence-electron chi connectivity index (χ3n) is 5.40. The van der Waals surface area contributed by atoms with Crippen molar-refractivity contribution in [3.8, 4) is 11.8 Å². The number of furan rings is 1. The van der Waals surface area contributed by atoms with Crippen LogP contribution in [0.25, 0.3) is 22.6 Å². The molecule has 0 saturated heterocycles. The molecule has 0 unspecified atom stereocenters. The Balaban J connectivity index is 0.000000264. The molecule has 0 spiro atoms. The largest absolute Gasteiger partial charge is 0.497 e. The maximum atomic E-state index is 9.45. The number of nitrogens with zero attached hydrogens (tertiary/aromatic N) is 1. The van der Waals surface area contributed by atoms with Gasteiger partial charge >= 0.3 is 0 Å². The Hall–Kier alpha value is -3.81. The summed E-state index contributed by atoms with van der Waals surface area (Å²) >= 11 is 0. The molecule has 0 amide bonds. The highest BCUT2D eigenvalue weighted by Gasteiger charge is 2.18. The Kier molecular flexibility index (Phi) is 7.49. The maximum Gasteiger partial charge on any atom is 0.133 e. The van der Waals surface area contributed by atoms with E-state index in [-0.39, 0.29) is 5.41 Å². The molecular weight excluding hydrogens is 396 g/mol. The van der Waals surface area contributed by atoms with Crippen LogP contribution < -0.4 is 10.5 Å². The Labute approximate surface area is 189 Å². The molecule has 3 aromatic carbocycles. The molecule has 4 rings (SSSR count). The van der Waals surface area contributed by atoms with Gasteiger partial charge in [-0.05, 0) is 47.0 Å². The lowest BCUT2D eigenvalue weighted by Gasteiger charge is -2.23. The third kappa shape index (κ3) is 5.66. The van der Waals surface area contributed by atoms with Gasteiger partial charge < -0.3 is 14.9 Å². The van der Waals surface area contributed by atoms with Crippen molar-refractivity contribution in [2.24, 2.45) is 5.73 Å². The fourth-order valence-corrected chi connectivity index (χ4v) is 3.17. The van der Waals surface area contributed by atoms with Gasteiger partial charge in [0.15, 0.2) is 0 Å². The highest BCUT2D eigenvalue weighted by molar-refractivity contribution is 5.89. The van der Waals surface area contributed by atoms with E-state index < -0.39 is 0 Å². The lowest BCUT2D eigenvalue weighted by Crippen LogP contribution is -2.27. The van der Waals surface area contributed by atoms with Crippen LogP contribution in [0.2, 0.25) is 0 Å². The molecule has 0 bridgehead atoms. The van der Waals surface area contributed by atoms with Gasteiger partial charge in [-0.3, -0.25) is 0 Å². The normalized spacial score (nSPS) is 11.4. The van der Waals surface area contributed by atoms with Gasteiger partial charge in [-0.15, -0.1) is 0 Å². The van der Waals surface area contributed by atoms with Crippen molar-refractivity contribution in [3.63, 3.8) is 0 Å². The Bertz CT molecular complexity index is 1180. The van der Waals surface area contributed by atoms with Gasteiger partial charge in [-0.1, -0.05) is 68.4 Å². The summed E-state index contributed by atoms with van der Waals surface area (Å²) in [5.41, 5.74) is 10.4. The van der Waals surface area contributed by atoms with Crippen LogP contribution in [0.4, 0.5) is 0 Å². The van der Waals surface area contributed by atoms with E-state index in [1.54, 1.807) is 13.4 Å². The van der Waals surface area contributed by atoms with Crippen molar-refractivity contribution >= 4 is 22.6 Å². The zero-order valence-corrected chi connectivity index (χ0v) is 18.7. The zero-order valence-electron chi connectivity index (χ0n) is 18.7. The van der Waals surface area contributed by atoms with E-state index in [0.717, 1.165) is 27.8 Å². The van der Waals surface area contributed by atoms with E-state index in [9.17, 15) is 5.26 Å². The fourth-order valence-electron chi connectivity index (χ4n) is 3.17.